The Balaban J connectivity index is 1.64. The number of nitrogens with zero attached hydrogens (tertiary/aromatic N) is 2. The molecule has 1 amide bonds. The van der Waals surface area contributed by atoms with E-state index in [-0.39, 0.29) is 34.1 Å². The molecule has 0 fully saturated rings. The van der Waals surface area contributed by atoms with Gasteiger partial charge in [0, 0.05) is 17.4 Å². The van der Waals surface area contributed by atoms with Gasteiger partial charge >= 0.3 is 5.91 Å². The number of aromatic nitrogens is 2. The van der Waals surface area contributed by atoms with Crippen molar-refractivity contribution in [3.63, 3.8) is 0 Å². The van der Waals surface area contributed by atoms with E-state index < -0.39 is 15.9 Å². The Morgan fingerprint density at radius 1 is 0.974 bits per heavy atom. The Kier molecular flexibility index (Phi) is 7.82. The van der Waals surface area contributed by atoms with Gasteiger partial charge in [0.05, 0.1) is 24.7 Å². The fourth-order valence-electron chi connectivity index (χ4n) is 3.98. The first-order valence-electron chi connectivity index (χ1n) is 12.1. The van der Waals surface area contributed by atoms with E-state index in [0.29, 0.717) is 17.1 Å². The van der Waals surface area contributed by atoms with Crippen molar-refractivity contribution >= 4 is 27.3 Å². The van der Waals surface area contributed by atoms with Gasteiger partial charge in [-0.3, -0.25) is 14.5 Å². The summed E-state index contributed by atoms with van der Waals surface area (Å²) < 4.78 is 41.0. The number of carbonyl (C=O) groups is 1. The predicted octanol–water partition coefficient (Wildman–Crippen LogP) is 6.05. The van der Waals surface area contributed by atoms with Crippen molar-refractivity contribution in [3.05, 3.63) is 84.1 Å². The lowest BCUT2D eigenvalue weighted by Gasteiger charge is -2.20. The van der Waals surface area contributed by atoms with Crippen LogP contribution in [0, 0.1) is 0 Å². The van der Waals surface area contributed by atoms with Gasteiger partial charge in [0.2, 0.25) is 0 Å². The smallest absolute Gasteiger partial charge is 0.311 e. The summed E-state index contributed by atoms with van der Waals surface area (Å²) in [7, 11) is -2.75. The molecule has 0 saturated carbocycles. The summed E-state index contributed by atoms with van der Waals surface area (Å²) in [4.78, 5) is 21.2. The Labute approximate surface area is 222 Å². The average molecular weight is 535 g/mol. The van der Waals surface area contributed by atoms with Gasteiger partial charge in [-0.05, 0) is 41.7 Å². The second-order valence-corrected chi connectivity index (χ2v) is 10.9. The van der Waals surface area contributed by atoms with Gasteiger partial charge < -0.3 is 14.5 Å². The fourth-order valence-corrected chi connectivity index (χ4v) is 5.28. The third-order valence-corrected chi connectivity index (χ3v) is 7.26. The molecule has 0 spiro atoms. The van der Waals surface area contributed by atoms with Crippen molar-refractivity contribution in [2.75, 3.05) is 17.1 Å². The number of sulfonamides is 1. The Morgan fingerprint density at radius 2 is 1.71 bits per heavy atom. The molecule has 9 nitrogen and oxygen atoms in total. The lowest BCUT2D eigenvalue weighted by atomic mass is 9.98. The SMILES string of the molecule is COc1ccc(NC(=O)c2ncc(-c3ccccc3)o2)cc1S(=O)(=O)Nc1c(C(C)C)ccnc1C(C)C. The number of oxazole rings is 1. The van der Waals surface area contributed by atoms with Gasteiger partial charge in [-0.2, -0.15) is 0 Å². The molecular formula is C28H30N4O5S. The van der Waals surface area contributed by atoms with Crippen molar-refractivity contribution in [1.82, 2.24) is 9.97 Å². The number of hydrogen-bond donors (Lipinski definition) is 2. The van der Waals surface area contributed by atoms with Crippen molar-refractivity contribution in [2.24, 2.45) is 0 Å². The molecule has 0 radical (unpaired) electrons. The molecule has 0 saturated heterocycles. The lowest BCUT2D eigenvalue weighted by Crippen LogP contribution is -2.19. The van der Waals surface area contributed by atoms with E-state index in [9.17, 15) is 13.2 Å². The standard InChI is InChI=1S/C28H30N4O5S/c1-17(2)21-13-14-29-25(18(3)4)26(21)32-38(34,35)24-15-20(11-12-22(24)36-5)31-27(33)28-30-16-23(37-28)19-9-7-6-8-10-19/h6-18,32H,1-5H3,(H,31,33). The maximum atomic E-state index is 13.6. The van der Waals surface area contributed by atoms with Crippen LogP contribution in [0.15, 0.2) is 76.3 Å². The van der Waals surface area contributed by atoms with E-state index in [1.54, 1.807) is 12.3 Å². The minimum absolute atomic E-state index is 0.0134. The van der Waals surface area contributed by atoms with E-state index in [2.05, 4.69) is 20.0 Å². The first-order chi connectivity index (χ1) is 18.1. The van der Waals surface area contributed by atoms with E-state index >= 15 is 0 Å². The average Bonchev–Trinajstić information content (AvgIpc) is 3.39. The van der Waals surface area contributed by atoms with Crippen LogP contribution >= 0.6 is 0 Å². The molecular weight excluding hydrogens is 504 g/mol. The topological polar surface area (TPSA) is 123 Å². The van der Waals surface area contributed by atoms with Crippen molar-refractivity contribution in [2.45, 2.75) is 44.4 Å². The minimum Gasteiger partial charge on any atom is -0.495 e. The van der Waals surface area contributed by atoms with Gasteiger partial charge in [-0.25, -0.2) is 13.4 Å². The molecule has 2 aromatic heterocycles. The van der Waals surface area contributed by atoms with Crippen molar-refractivity contribution in [3.8, 4) is 17.1 Å². The first-order valence-corrected chi connectivity index (χ1v) is 13.6. The Morgan fingerprint density at radius 3 is 2.37 bits per heavy atom. The molecule has 0 aliphatic heterocycles. The first kappa shape index (κ1) is 26.9. The summed E-state index contributed by atoms with van der Waals surface area (Å²) in [5.41, 5.74) is 2.92. The van der Waals surface area contributed by atoms with Gasteiger partial charge in [0.25, 0.3) is 15.9 Å². The lowest BCUT2D eigenvalue weighted by molar-refractivity contribution is 0.0991. The van der Waals surface area contributed by atoms with Crippen LogP contribution in [0.5, 0.6) is 5.75 Å². The predicted molar refractivity (Wildman–Crippen MR) is 146 cm³/mol. The van der Waals surface area contributed by atoms with Gasteiger partial charge in [-0.1, -0.05) is 58.0 Å². The highest BCUT2D eigenvalue weighted by atomic mass is 32.2. The van der Waals surface area contributed by atoms with Crippen molar-refractivity contribution < 1.29 is 22.4 Å². The number of pyridine rings is 1. The Bertz CT molecular complexity index is 1520. The number of nitrogens with one attached hydrogen (secondary N) is 2. The zero-order valence-corrected chi connectivity index (χ0v) is 22.7. The van der Waals surface area contributed by atoms with E-state index in [4.69, 9.17) is 9.15 Å². The number of rotatable bonds is 9. The summed E-state index contributed by atoms with van der Waals surface area (Å²) in [5.74, 6) is -0.163. The molecule has 0 unspecified atom stereocenters. The van der Waals surface area contributed by atoms with Crippen LogP contribution in [0.3, 0.4) is 0 Å². The van der Waals surface area contributed by atoms with Crippen LogP contribution in [0.2, 0.25) is 0 Å². The normalized spacial score (nSPS) is 11.6. The number of ether oxygens (including phenoxy) is 1. The maximum absolute atomic E-state index is 13.6. The molecule has 4 aromatic rings. The van der Waals surface area contributed by atoms with Gasteiger partial charge in [0.1, 0.15) is 10.6 Å². The molecule has 2 heterocycles. The van der Waals surface area contributed by atoms with Gasteiger partial charge in [-0.15, -0.1) is 0 Å². The van der Waals surface area contributed by atoms with E-state index in [1.165, 1.54) is 25.4 Å². The molecule has 198 valence electrons. The zero-order chi connectivity index (χ0) is 27.4. The zero-order valence-electron chi connectivity index (χ0n) is 21.8. The summed E-state index contributed by atoms with van der Waals surface area (Å²) in [5, 5.41) is 2.65. The largest absolute Gasteiger partial charge is 0.495 e. The number of amides is 1. The second kappa shape index (κ2) is 11.1. The van der Waals surface area contributed by atoms with Crippen molar-refractivity contribution in [1.29, 1.82) is 0 Å². The summed E-state index contributed by atoms with van der Waals surface area (Å²) in [6.45, 7) is 7.87. The van der Waals surface area contributed by atoms with Crippen LogP contribution < -0.4 is 14.8 Å². The number of methoxy groups -OCH3 is 1. The molecule has 10 heteroatoms. The van der Waals surface area contributed by atoms with Crippen LogP contribution in [0.1, 0.15) is 61.5 Å². The third kappa shape index (κ3) is 5.70. The highest BCUT2D eigenvalue weighted by Gasteiger charge is 2.26. The molecule has 0 bridgehead atoms. The number of benzene rings is 2. The molecule has 0 aliphatic rings. The molecule has 0 atom stereocenters. The van der Waals surface area contributed by atoms with Crippen LogP contribution in [-0.4, -0.2) is 31.4 Å². The summed E-state index contributed by atoms with van der Waals surface area (Å²) in [6.07, 6.45) is 3.15. The fraction of sp³-hybridized carbons (Fsp3) is 0.250. The number of anilines is 2. The molecule has 4 rings (SSSR count). The molecule has 38 heavy (non-hydrogen) atoms. The second-order valence-electron chi connectivity index (χ2n) is 9.29. The number of carbonyl (C=O) groups excluding carboxylic acids is 1. The van der Waals surface area contributed by atoms with Crippen LogP contribution in [-0.2, 0) is 10.0 Å². The summed E-state index contributed by atoms with van der Waals surface area (Å²) in [6, 6.07) is 15.4. The minimum atomic E-state index is -4.13. The highest BCUT2D eigenvalue weighted by Crippen LogP contribution is 2.35. The van der Waals surface area contributed by atoms with E-state index in [1.807, 2.05) is 64.1 Å². The Hall–Kier alpha value is -4.18. The third-order valence-electron chi connectivity index (χ3n) is 5.89. The monoisotopic (exact) mass is 534 g/mol. The number of hydrogen-bond acceptors (Lipinski definition) is 7. The highest BCUT2D eigenvalue weighted by molar-refractivity contribution is 7.92. The maximum Gasteiger partial charge on any atom is 0.311 e. The van der Waals surface area contributed by atoms with Crippen LogP contribution in [0.4, 0.5) is 11.4 Å². The summed E-state index contributed by atoms with van der Waals surface area (Å²) >= 11 is 0. The van der Waals surface area contributed by atoms with Gasteiger partial charge in [0.15, 0.2) is 5.76 Å². The van der Waals surface area contributed by atoms with E-state index in [0.717, 1.165) is 11.1 Å². The molecule has 0 aliphatic carbocycles. The molecule has 2 aromatic carbocycles. The quantitative estimate of drug-likeness (QED) is 0.268. The molecule has 2 N–H and O–H groups in total. The van der Waals surface area contributed by atoms with Crippen LogP contribution in [0.25, 0.3) is 11.3 Å².